The van der Waals surface area contributed by atoms with E-state index in [-0.39, 0.29) is 24.2 Å². The minimum absolute atomic E-state index is 0.146. The van der Waals surface area contributed by atoms with E-state index in [1.165, 1.54) is 19.3 Å². The Hall–Kier alpha value is -2.01. The summed E-state index contributed by atoms with van der Waals surface area (Å²) in [5.74, 6) is -0.305. The maximum Gasteiger partial charge on any atom is 0.128 e. The summed E-state index contributed by atoms with van der Waals surface area (Å²) in [6.07, 6.45) is 6.98. The summed E-state index contributed by atoms with van der Waals surface area (Å²) in [5.41, 5.74) is 2.23. The molecule has 0 N–H and O–H groups in total. The van der Waals surface area contributed by atoms with Crippen molar-refractivity contribution in [2.75, 3.05) is 6.61 Å². The molecule has 0 unspecified atom stereocenters. The number of aldehydes is 1. The standard InChI is InChI=1S/C27H36O4/c1-2-3-4-5-12-17-29-27-24(19-28)25(30-20-22-13-8-6-9-14-22)18-26(27)31-21-23-15-10-7-11-16-23/h6-11,13-16,19,24-27H,2-5,12,17-18,20-21H2,1H3/t24-,25-,26+,27+/m0/s1. The summed E-state index contributed by atoms with van der Waals surface area (Å²) >= 11 is 0. The number of hydrogen-bond donors (Lipinski definition) is 0. The van der Waals surface area contributed by atoms with Gasteiger partial charge in [-0.05, 0) is 17.5 Å². The highest BCUT2D eigenvalue weighted by Crippen LogP contribution is 2.34. The Bertz CT molecular complexity index is 733. The second kappa shape index (κ2) is 13.4. The second-order valence-corrected chi connectivity index (χ2v) is 8.37. The average Bonchev–Trinajstić information content (AvgIpc) is 3.16. The van der Waals surface area contributed by atoms with Gasteiger partial charge in [0.25, 0.3) is 0 Å². The molecule has 2 aromatic rings. The van der Waals surface area contributed by atoms with Crippen LogP contribution in [-0.2, 0) is 32.2 Å². The van der Waals surface area contributed by atoms with Gasteiger partial charge in [0.15, 0.2) is 0 Å². The van der Waals surface area contributed by atoms with Crippen molar-refractivity contribution in [3.8, 4) is 0 Å². The molecule has 0 radical (unpaired) electrons. The van der Waals surface area contributed by atoms with Gasteiger partial charge in [-0.1, -0.05) is 93.3 Å². The molecule has 0 bridgehead atoms. The van der Waals surface area contributed by atoms with E-state index in [0.717, 1.165) is 30.3 Å². The third kappa shape index (κ3) is 7.57. The zero-order valence-corrected chi connectivity index (χ0v) is 18.7. The van der Waals surface area contributed by atoms with Crippen LogP contribution in [0, 0.1) is 5.92 Å². The van der Waals surface area contributed by atoms with Gasteiger partial charge >= 0.3 is 0 Å². The van der Waals surface area contributed by atoms with Gasteiger partial charge in [0.2, 0.25) is 0 Å². The molecule has 4 nitrogen and oxygen atoms in total. The Morgan fingerprint density at radius 3 is 1.94 bits per heavy atom. The van der Waals surface area contributed by atoms with Crippen molar-refractivity contribution in [1.82, 2.24) is 0 Å². The molecule has 4 heteroatoms. The molecule has 0 spiro atoms. The Labute approximate surface area is 186 Å². The fraction of sp³-hybridized carbons (Fsp3) is 0.519. The van der Waals surface area contributed by atoms with Crippen LogP contribution in [0.25, 0.3) is 0 Å². The normalized spacial score (nSPS) is 23.1. The summed E-state index contributed by atoms with van der Waals surface area (Å²) in [6.45, 7) is 3.88. The molecule has 3 rings (SSSR count). The molecule has 0 aliphatic heterocycles. The van der Waals surface area contributed by atoms with Gasteiger partial charge in [0, 0.05) is 13.0 Å². The van der Waals surface area contributed by atoms with Gasteiger partial charge in [0.05, 0.1) is 37.4 Å². The molecule has 1 fully saturated rings. The van der Waals surface area contributed by atoms with Crippen LogP contribution in [0.5, 0.6) is 0 Å². The van der Waals surface area contributed by atoms with Crippen LogP contribution < -0.4 is 0 Å². The predicted octanol–water partition coefficient (Wildman–Crippen LogP) is 5.73. The van der Waals surface area contributed by atoms with E-state index in [1.54, 1.807) is 0 Å². The van der Waals surface area contributed by atoms with E-state index in [9.17, 15) is 4.79 Å². The van der Waals surface area contributed by atoms with Gasteiger partial charge < -0.3 is 19.0 Å². The van der Waals surface area contributed by atoms with Crippen LogP contribution in [-0.4, -0.2) is 31.2 Å². The van der Waals surface area contributed by atoms with Crippen LogP contribution in [0.1, 0.15) is 56.6 Å². The topological polar surface area (TPSA) is 44.8 Å². The van der Waals surface area contributed by atoms with Crippen LogP contribution in [0.15, 0.2) is 60.7 Å². The minimum atomic E-state index is -0.305. The fourth-order valence-corrected chi connectivity index (χ4v) is 4.19. The molecular weight excluding hydrogens is 388 g/mol. The predicted molar refractivity (Wildman–Crippen MR) is 123 cm³/mol. The molecule has 4 atom stereocenters. The Balaban J connectivity index is 1.58. The molecule has 1 aliphatic rings. The largest absolute Gasteiger partial charge is 0.375 e. The number of carbonyl (C=O) groups excluding carboxylic acids is 1. The Kier molecular flexibility index (Phi) is 10.2. The first-order valence-corrected chi connectivity index (χ1v) is 11.7. The summed E-state index contributed by atoms with van der Waals surface area (Å²) < 4.78 is 18.7. The molecular formula is C27H36O4. The van der Waals surface area contributed by atoms with Crippen LogP contribution in [0.2, 0.25) is 0 Å². The van der Waals surface area contributed by atoms with E-state index >= 15 is 0 Å². The average molecular weight is 425 g/mol. The zero-order chi connectivity index (χ0) is 21.7. The lowest BCUT2D eigenvalue weighted by atomic mass is 10.1. The van der Waals surface area contributed by atoms with Crippen molar-refractivity contribution < 1.29 is 19.0 Å². The summed E-state index contributed by atoms with van der Waals surface area (Å²) in [4.78, 5) is 12.0. The first-order valence-electron chi connectivity index (χ1n) is 11.7. The van der Waals surface area contributed by atoms with Crippen molar-refractivity contribution >= 4 is 6.29 Å². The molecule has 0 saturated heterocycles. The number of benzene rings is 2. The Morgan fingerprint density at radius 2 is 1.35 bits per heavy atom. The van der Waals surface area contributed by atoms with Crippen LogP contribution in [0.4, 0.5) is 0 Å². The van der Waals surface area contributed by atoms with Crippen LogP contribution >= 0.6 is 0 Å². The third-order valence-corrected chi connectivity index (χ3v) is 5.97. The van der Waals surface area contributed by atoms with E-state index in [4.69, 9.17) is 14.2 Å². The molecule has 0 aromatic heterocycles. The SMILES string of the molecule is CCCCCCCO[C@@H]1[C@@H](C=O)[C@@H](OCc2ccccc2)C[C@H]1OCc1ccccc1. The van der Waals surface area contributed by atoms with E-state index in [2.05, 4.69) is 19.1 Å². The first-order chi connectivity index (χ1) is 15.3. The number of ether oxygens (including phenoxy) is 3. The monoisotopic (exact) mass is 424 g/mol. The smallest absolute Gasteiger partial charge is 0.128 e. The van der Waals surface area contributed by atoms with Gasteiger partial charge in [-0.15, -0.1) is 0 Å². The van der Waals surface area contributed by atoms with Crippen molar-refractivity contribution in [2.45, 2.75) is 77.0 Å². The number of carbonyl (C=O) groups is 1. The fourth-order valence-electron chi connectivity index (χ4n) is 4.19. The van der Waals surface area contributed by atoms with Gasteiger partial charge in [-0.3, -0.25) is 0 Å². The highest BCUT2D eigenvalue weighted by atomic mass is 16.6. The van der Waals surface area contributed by atoms with Crippen molar-refractivity contribution in [1.29, 1.82) is 0 Å². The van der Waals surface area contributed by atoms with Gasteiger partial charge in [-0.2, -0.15) is 0 Å². The van der Waals surface area contributed by atoms with Gasteiger partial charge in [0.1, 0.15) is 6.29 Å². The molecule has 1 aliphatic carbocycles. The lowest BCUT2D eigenvalue weighted by Gasteiger charge is -2.23. The third-order valence-electron chi connectivity index (χ3n) is 5.97. The maximum absolute atomic E-state index is 12.0. The molecule has 0 heterocycles. The molecule has 168 valence electrons. The molecule has 31 heavy (non-hydrogen) atoms. The summed E-state index contributed by atoms with van der Waals surface area (Å²) in [7, 11) is 0. The lowest BCUT2D eigenvalue weighted by molar-refractivity contribution is -0.125. The molecule has 0 amide bonds. The summed E-state index contributed by atoms with van der Waals surface area (Å²) in [5, 5.41) is 0. The number of unbranched alkanes of at least 4 members (excludes halogenated alkanes) is 4. The number of rotatable bonds is 14. The van der Waals surface area contributed by atoms with Crippen molar-refractivity contribution in [2.24, 2.45) is 5.92 Å². The highest BCUT2D eigenvalue weighted by molar-refractivity contribution is 5.57. The minimum Gasteiger partial charge on any atom is -0.375 e. The zero-order valence-electron chi connectivity index (χ0n) is 18.7. The van der Waals surface area contributed by atoms with E-state index in [0.29, 0.717) is 26.2 Å². The van der Waals surface area contributed by atoms with Crippen LogP contribution in [0.3, 0.4) is 0 Å². The van der Waals surface area contributed by atoms with Gasteiger partial charge in [-0.25, -0.2) is 0 Å². The van der Waals surface area contributed by atoms with E-state index in [1.807, 2.05) is 48.5 Å². The second-order valence-electron chi connectivity index (χ2n) is 8.37. The Morgan fingerprint density at radius 1 is 0.774 bits per heavy atom. The maximum atomic E-state index is 12.0. The molecule has 1 saturated carbocycles. The first kappa shape index (κ1) is 23.6. The summed E-state index contributed by atoms with van der Waals surface area (Å²) in [6, 6.07) is 20.2. The lowest BCUT2D eigenvalue weighted by Crippen LogP contribution is -2.34. The van der Waals surface area contributed by atoms with E-state index < -0.39 is 0 Å². The quantitative estimate of drug-likeness (QED) is 0.287. The molecule has 2 aromatic carbocycles. The van der Waals surface area contributed by atoms with Crippen molar-refractivity contribution in [3.63, 3.8) is 0 Å². The highest BCUT2D eigenvalue weighted by Gasteiger charge is 2.45. The van der Waals surface area contributed by atoms with Crippen molar-refractivity contribution in [3.05, 3.63) is 71.8 Å². The number of hydrogen-bond acceptors (Lipinski definition) is 4.